The first-order chi connectivity index (χ1) is 8.69. The third-order valence-electron chi connectivity index (χ3n) is 3.41. The van der Waals surface area contributed by atoms with Crippen LogP contribution in [0.15, 0.2) is 12.3 Å². The molecule has 18 heavy (non-hydrogen) atoms. The molecule has 1 aliphatic carbocycles. The monoisotopic (exact) mass is 267 g/mol. The van der Waals surface area contributed by atoms with Crippen molar-refractivity contribution in [1.29, 1.82) is 0 Å². The molecule has 2 rings (SSSR count). The Kier molecular flexibility index (Phi) is 4.69. The van der Waals surface area contributed by atoms with Gasteiger partial charge in [0.1, 0.15) is 0 Å². The van der Waals surface area contributed by atoms with E-state index in [1.165, 1.54) is 0 Å². The van der Waals surface area contributed by atoms with Crippen LogP contribution < -0.4 is 5.32 Å². The number of hydrogen-bond acceptors (Lipinski definition) is 4. The van der Waals surface area contributed by atoms with Gasteiger partial charge in [-0.25, -0.2) is 9.97 Å². The summed E-state index contributed by atoms with van der Waals surface area (Å²) < 4.78 is 11.9. The van der Waals surface area contributed by atoms with E-state index in [4.69, 9.17) is 0 Å². The summed E-state index contributed by atoms with van der Waals surface area (Å²) in [5.41, 5.74) is 0.969. The highest BCUT2D eigenvalue weighted by Gasteiger charge is 2.25. The lowest BCUT2D eigenvalue weighted by Crippen LogP contribution is -2.33. The van der Waals surface area contributed by atoms with Crippen molar-refractivity contribution in [3.63, 3.8) is 0 Å². The van der Waals surface area contributed by atoms with E-state index in [1.807, 2.05) is 19.9 Å². The smallest absolute Gasteiger partial charge is 0.223 e. The van der Waals surface area contributed by atoms with Crippen molar-refractivity contribution in [2.24, 2.45) is 0 Å². The zero-order valence-electron chi connectivity index (χ0n) is 11.1. The lowest BCUT2D eigenvalue weighted by molar-refractivity contribution is 0.463. The summed E-state index contributed by atoms with van der Waals surface area (Å²) in [6, 6.07) is 2.25. The predicted octanol–water partition coefficient (Wildman–Crippen LogP) is 2.28. The maximum Gasteiger partial charge on any atom is 0.223 e. The van der Waals surface area contributed by atoms with E-state index in [-0.39, 0.29) is 0 Å². The summed E-state index contributed by atoms with van der Waals surface area (Å²) in [6.07, 6.45) is 6.09. The molecule has 0 aromatic carbocycles. The topological polar surface area (TPSA) is 54.9 Å². The van der Waals surface area contributed by atoms with E-state index in [1.54, 1.807) is 6.20 Å². The quantitative estimate of drug-likeness (QED) is 0.909. The van der Waals surface area contributed by atoms with Crippen LogP contribution in [0, 0.1) is 6.92 Å². The molecule has 0 aliphatic heterocycles. The largest absolute Gasteiger partial charge is 0.351 e. The van der Waals surface area contributed by atoms with Gasteiger partial charge in [0.25, 0.3) is 0 Å². The van der Waals surface area contributed by atoms with E-state index in [0.717, 1.165) is 37.1 Å². The Morgan fingerprint density at radius 1 is 1.50 bits per heavy atom. The molecule has 3 atom stereocenters. The number of rotatable bonds is 4. The Labute approximate surface area is 111 Å². The first kappa shape index (κ1) is 13.5. The number of nitrogens with zero attached hydrogens (tertiary/aromatic N) is 2. The van der Waals surface area contributed by atoms with Gasteiger partial charge in [-0.15, -0.1) is 0 Å². The van der Waals surface area contributed by atoms with Gasteiger partial charge in [0.2, 0.25) is 5.95 Å². The zero-order chi connectivity index (χ0) is 13.0. The van der Waals surface area contributed by atoms with Gasteiger partial charge in [0.15, 0.2) is 0 Å². The Morgan fingerprint density at radius 3 is 3.06 bits per heavy atom. The van der Waals surface area contributed by atoms with Crippen LogP contribution in [-0.4, -0.2) is 31.2 Å². The average Bonchev–Trinajstić information content (AvgIpc) is 2.38. The minimum absolute atomic E-state index is 0.339. The molecule has 0 amide bonds. The normalized spacial score (nSPS) is 25.7. The van der Waals surface area contributed by atoms with Crippen LogP contribution in [0.3, 0.4) is 0 Å². The number of aryl methyl sites for hydroxylation is 1. The Morgan fingerprint density at radius 2 is 2.33 bits per heavy atom. The van der Waals surface area contributed by atoms with Crippen LogP contribution in [-0.2, 0) is 10.8 Å². The van der Waals surface area contributed by atoms with Crippen molar-refractivity contribution in [1.82, 2.24) is 9.97 Å². The van der Waals surface area contributed by atoms with Crippen molar-refractivity contribution in [2.45, 2.75) is 50.8 Å². The molecule has 0 saturated heterocycles. The van der Waals surface area contributed by atoms with E-state index in [2.05, 4.69) is 15.3 Å². The summed E-state index contributed by atoms with van der Waals surface area (Å²) in [7, 11) is -0.677. The summed E-state index contributed by atoms with van der Waals surface area (Å²) in [5, 5.41) is 3.71. The molecular formula is C13H21N3OS. The van der Waals surface area contributed by atoms with Crippen LogP contribution in [0.2, 0.25) is 0 Å². The third kappa shape index (κ3) is 3.51. The van der Waals surface area contributed by atoms with Gasteiger partial charge < -0.3 is 5.32 Å². The predicted molar refractivity (Wildman–Crippen MR) is 75.1 cm³/mol. The van der Waals surface area contributed by atoms with Gasteiger partial charge in [-0.05, 0) is 32.3 Å². The molecule has 1 saturated carbocycles. The Hall–Kier alpha value is -0.970. The van der Waals surface area contributed by atoms with Crippen molar-refractivity contribution in [3.05, 3.63) is 18.0 Å². The van der Waals surface area contributed by atoms with Gasteiger partial charge in [-0.1, -0.05) is 13.3 Å². The minimum Gasteiger partial charge on any atom is -0.351 e. The number of hydrogen-bond donors (Lipinski definition) is 1. The molecule has 4 nitrogen and oxygen atoms in total. The van der Waals surface area contributed by atoms with Crippen LogP contribution in [0.1, 0.15) is 38.3 Å². The zero-order valence-corrected chi connectivity index (χ0v) is 11.9. The van der Waals surface area contributed by atoms with Crippen LogP contribution in [0.5, 0.6) is 0 Å². The number of nitrogens with one attached hydrogen (secondary N) is 1. The van der Waals surface area contributed by atoms with E-state index in [0.29, 0.717) is 17.2 Å². The molecule has 1 N–H and O–H groups in total. The summed E-state index contributed by atoms with van der Waals surface area (Å²) in [6.45, 7) is 3.96. The molecule has 0 bridgehead atoms. The molecular weight excluding hydrogens is 246 g/mol. The Bertz CT molecular complexity index is 424. The lowest BCUT2D eigenvalue weighted by atomic mass is 9.95. The van der Waals surface area contributed by atoms with Gasteiger partial charge in [-0.3, -0.25) is 4.21 Å². The number of anilines is 1. The molecule has 0 radical (unpaired) electrons. The van der Waals surface area contributed by atoms with Crippen molar-refractivity contribution in [3.8, 4) is 0 Å². The number of aromatic nitrogens is 2. The third-order valence-corrected chi connectivity index (χ3v) is 5.15. The van der Waals surface area contributed by atoms with E-state index >= 15 is 0 Å². The maximum atomic E-state index is 11.9. The van der Waals surface area contributed by atoms with Crippen LogP contribution >= 0.6 is 0 Å². The fourth-order valence-corrected chi connectivity index (χ4v) is 3.80. The molecule has 5 heteroatoms. The highest BCUT2D eigenvalue weighted by molar-refractivity contribution is 7.85. The molecule has 1 aliphatic rings. The molecule has 1 aromatic heterocycles. The second-order valence-corrected chi connectivity index (χ2v) is 6.83. The summed E-state index contributed by atoms with van der Waals surface area (Å²) >= 11 is 0. The van der Waals surface area contributed by atoms with Crippen molar-refractivity contribution in [2.75, 3.05) is 11.1 Å². The maximum absolute atomic E-state index is 11.9. The van der Waals surface area contributed by atoms with E-state index in [9.17, 15) is 4.21 Å². The second kappa shape index (κ2) is 6.27. The second-order valence-electron chi connectivity index (χ2n) is 4.82. The van der Waals surface area contributed by atoms with E-state index < -0.39 is 10.8 Å². The van der Waals surface area contributed by atoms with Gasteiger partial charge >= 0.3 is 0 Å². The fourth-order valence-electron chi connectivity index (χ4n) is 2.45. The average molecular weight is 267 g/mol. The molecule has 3 unspecified atom stereocenters. The Balaban J connectivity index is 1.95. The van der Waals surface area contributed by atoms with Gasteiger partial charge in [-0.2, -0.15) is 0 Å². The first-order valence-electron chi connectivity index (χ1n) is 6.62. The minimum atomic E-state index is -0.677. The van der Waals surface area contributed by atoms with Gasteiger partial charge in [0.05, 0.1) is 0 Å². The SMILES string of the molecule is CCS(=O)C1CCCC(Nc2nccc(C)n2)C1. The standard InChI is InChI=1S/C13H21N3OS/c1-3-18(17)12-6-4-5-11(9-12)16-13-14-8-7-10(2)15-13/h7-8,11-12H,3-6,9H2,1-2H3,(H,14,15,16). The van der Waals surface area contributed by atoms with Gasteiger partial charge in [0, 0.05) is 39.7 Å². The molecule has 100 valence electrons. The first-order valence-corrected chi connectivity index (χ1v) is 8.00. The van der Waals surface area contributed by atoms with Crippen molar-refractivity contribution < 1.29 is 4.21 Å². The lowest BCUT2D eigenvalue weighted by Gasteiger charge is -2.29. The van der Waals surface area contributed by atoms with Crippen LogP contribution in [0.4, 0.5) is 5.95 Å². The highest BCUT2D eigenvalue weighted by atomic mass is 32.2. The molecule has 1 aromatic rings. The molecule has 0 spiro atoms. The van der Waals surface area contributed by atoms with Crippen molar-refractivity contribution >= 4 is 16.7 Å². The summed E-state index contributed by atoms with van der Waals surface area (Å²) in [5.74, 6) is 1.46. The molecule has 1 fully saturated rings. The van der Waals surface area contributed by atoms with Crippen LogP contribution in [0.25, 0.3) is 0 Å². The molecule has 1 heterocycles. The fraction of sp³-hybridized carbons (Fsp3) is 0.692. The summed E-state index contributed by atoms with van der Waals surface area (Å²) in [4.78, 5) is 8.58. The highest BCUT2D eigenvalue weighted by Crippen LogP contribution is 2.24.